The molecule has 4 rings (SSSR count). The minimum Gasteiger partial charge on any atom is -0.377 e. The maximum absolute atomic E-state index is 12.8. The summed E-state index contributed by atoms with van der Waals surface area (Å²) in [6.45, 7) is 2.83. The van der Waals surface area contributed by atoms with E-state index < -0.39 is 0 Å². The van der Waals surface area contributed by atoms with E-state index in [4.69, 9.17) is 4.74 Å². The highest BCUT2D eigenvalue weighted by Gasteiger charge is 2.30. The van der Waals surface area contributed by atoms with Crippen LogP contribution in [-0.2, 0) is 16.1 Å². The van der Waals surface area contributed by atoms with E-state index in [0.29, 0.717) is 17.7 Å². The van der Waals surface area contributed by atoms with Crippen LogP contribution in [-0.4, -0.2) is 41.8 Å². The SMILES string of the molecule is CNC(=O)NC1=CC(C2CC=CC(NC(=O)C3=CCC(OC)C=C3)=C2C)Cn2ccnc21. The third-order valence-corrected chi connectivity index (χ3v) is 6.27. The standard InChI is InChI=1S/C24H29N5O3/c1-15-19(17-13-21(28-24(31)25-2)22-26-11-12-29(22)14-17)5-4-6-20(15)27-23(30)16-7-9-18(32-3)10-8-16/h4,6-9,11-13,17-19H,5,10,14H2,1-3H3,(H,27,30)(H2,25,28,31). The molecule has 3 atom stereocenters. The molecule has 8 heteroatoms. The number of urea groups is 1. The molecule has 0 saturated heterocycles. The van der Waals surface area contributed by atoms with Gasteiger partial charge in [0.1, 0.15) is 0 Å². The van der Waals surface area contributed by atoms with Crippen molar-refractivity contribution in [1.29, 1.82) is 0 Å². The Hall–Kier alpha value is -3.39. The number of amides is 3. The van der Waals surface area contributed by atoms with Gasteiger partial charge in [-0.2, -0.15) is 0 Å². The Bertz CT molecular complexity index is 1060. The third-order valence-electron chi connectivity index (χ3n) is 6.27. The molecule has 3 unspecified atom stereocenters. The highest BCUT2D eigenvalue weighted by atomic mass is 16.5. The monoisotopic (exact) mass is 435 g/mol. The van der Waals surface area contributed by atoms with Gasteiger partial charge in [-0.1, -0.05) is 30.4 Å². The van der Waals surface area contributed by atoms with Gasteiger partial charge in [-0.15, -0.1) is 0 Å². The summed E-state index contributed by atoms with van der Waals surface area (Å²) in [5.41, 5.74) is 3.30. The van der Waals surface area contributed by atoms with Crippen LogP contribution in [0.25, 0.3) is 5.70 Å². The Morgan fingerprint density at radius 2 is 2.06 bits per heavy atom. The fourth-order valence-electron chi connectivity index (χ4n) is 4.41. The summed E-state index contributed by atoms with van der Waals surface area (Å²) >= 11 is 0. The molecule has 0 bridgehead atoms. The van der Waals surface area contributed by atoms with Gasteiger partial charge >= 0.3 is 6.03 Å². The Morgan fingerprint density at radius 1 is 1.22 bits per heavy atom. The van der Waals surface area contributed by atoms with Crippen LogP contribution in [0, 0.1) is 11.8 Å². The maximum Gasteiger partial charge on any atom is 0.319 e. The van der Waals surface area contributed by atoms with Crippen LogP contribution in [0.4, 0.5) is 4.79 Å². The molecule has 0 aromatic carbocycles. The third kappa shape index (κ3) is 4.45. The molecule has 1 aromatic rings. The number of nitrogens with one attached hydrogen (secondary N) is 3. The van der Waals surface area contributed by atoms with Gasteiger partial charge in [0.25, 0.3) is 5.91 Å². The quantitative estimate of drug-likeness (QED) is 0.662. The van der Waals surface area contributed by atoms with Crippen LogP contribution in [0.2, 0.25) is 0 Å². The second kappa shape index (κ2) is 9.40. The van der Waals surface area contributed by atoms with Crippen molar-refractivity contribution >= 4 is 17.6 Å². The first-order valence-corrected chi connectivity index (χ1v) is 10.8. The summed E-state index contributed by atoms with van der Waals surface area (Å²) in [4.78, 5) is 29.1. The number of nitrogens with zero attached hydrogens (tertiary/aromatic N) is 2. The Morgan fingerprint density at radius 3 is 2.78 bits per heavy atom. The van der Waals surface area contributed by atoms with E-state index in [9.17, 15) is 9.59 Å². The minimum atomic E-state index is -0.278. The van der Waals surface area contributed by atoms with E-state index in [1.807, 2.05) is 30.5 Å². The van der Waals surface area contributed by atoms with Crippen molar-refractivity contribution in [3.05, 3.63) is 71.5 Å². The predicted octanol–water partition coefficient (Wildman–Crippen LogP) is 2.65. The van der Waals surface area contributed by atoms with E-state index in [2.05, 4.69) is 44.6 Å². The van der Waals surface area contributed by atoms with Crippen LogP contribution in [0.1, 0.15) is 25.6 Å². The summed E-state index contributed by atoms with van der Waals surface area (Å²) in [5, 5.41) is 8.56. The molecule has 168 valence electrons. The first-order chi connectivity index (χ1) is 15.5. The number of hydrogen-bond acceptors (Lipinski definition) is 4. The van der Waals surface area contributed by atoms with Crippen molar-refractivity contribution in [2.45, 2.75) is 32.4 Å². The number of allylic oxidation sites excluding steroid dienone is 4. The van der Waals surface area contributed by atoms with Gasteiger partial charge in [0.15, 0.2) is 5.82 Å². The minimum absolute atomic E-state index is 0.0233. The number of aromatic nitrogens is 2. The van der Waals surface area contributed by atoms with Crippen molar-refractivity contribution in [2.24, 2.45) is 11.8 Å². The van der Waals surface area contributed by atoms with E-state index in [0.717, 1.165) is 30.1 Å². The van der Waals surface area contributed by atoms with E-state index in [-0.39, 0.29) is 29.9 Å². The molecular formula is C24H29N5O3. The topological polar surface area (TPSA) is 97.3 Å². The highest BCUT2D eigenvalue weighted by Crippen LogP contribution is 2.36. The zero-order valence-electron chi connectivity index (χ0n) is 18.6. The molecule has 3 amide bonds. The average molecular weight is 436 g/mol. The van der Waals surface area contributed by atoms with Gasteiger partial charge in [0.2, 0.25) is 0 Å². The normalized spacial score (nSPS) is 24.4. The first-order valence-electron chi connectivity index (χ1n) is 10.8. The molecule has 3 aliphatic rings. The highest BCUT2D eigenvalue weighted by molar-refractivity contribution is 5.97. The molecular weight excluding hydrogens is 406 g/mol. The largest absolute Gasteiger partial charge is 0.377 e. The lowest BCUT2D eigenvalue weighted by Crippen LogP contribution is -2.36. The van der Waals surface area contributed by atoms with Gasteiger partial charge in [0, 0.05) is 50.3 Å². The average Bonchev–Trinajstić information content (AvgIpc) is 3.29. The predicted molar refractivity (Wildman–Crippen MR) is 122 cm³/mol. The van der Waals surface area contributed by atoms with Crippen molar-refractivity contribution in [1.82, 2.24) is 25.5 Å². The fourth-order valence-corrected chi connectivity index (χ4v) is 4.41. The summed E-state index contributed by atoms with van der Waals surface area (Å²) in [6, 6.07) is -0.278. The Labute approximate surface area is 187 Å². The van der Waals surface area contributed by atoms with Crippen LogP contribution < -0.4 is 16.0 Å². The second-order valence-electron chi connectivity index (χ2n) is 8.18. The Balaban J connectivity index is 1.53. The van der Waals surface area contributed by atoms with Gasteiger partial charge in [0.05, 0.1) is 11.8 Å². The number of methoxy groups -OCH3 is 1. The molecule has 2 aliphatic carbocycles. The molecule has 32 heavy (non-hydrogen) atoms. The summed E-state index contributed by atoms with van der Waals surface area (Å²) in [7, 11) is 3.25. The number of hydrogen-bond donors (Lipinski definition) is 3. The van der Waals surface area contributed by atoms with Crippen molar-refractivity contribution in [3.8, 4) is 0 Å². The zero-order chi connectivity index (χ0) is 22.7. The molecule has 3 N–H and O–H groups in total. The van der Waals surface area contributed by atoms with Crippen molar-refractivity contribution < 1.29 is 14.3 Å². The molecule has 8 nitrogen and oxygen atoms in total. The summed E-state index contributed by atoms with van der Waals surface area (Å²) in [6.07, 6.45) is 17.0. The smallest absolute Gasteiger partial charge is 0.319 e. The van der Waals surface area contributed by atoms with Crippen LogP contribution in [0.15, 0.2) is 65.7 Å². The van der Waals surface area contributed by atoms with Gasteiger partial charge in [-0.3, -0.25) is 4.79 Å². The summed E-state index contributed by atoms with van der Waals surface area (Å²) < 4.78 is 7.36. The molecule has 1 aromatic heterocycles. The molecule has 0 spiro atoms. The van der Waals surface area contributed by atoms with Crippen LogP contribution >= 0.6 is 0 Å². The zero-order valence-corrected chi connectivity index (χ0v) is 18.6. The lowest BCUT2D eigenvalue weighted by Gasteiger charge is -2.32. The van der Waals surface area contributed by atoms with Crippen LogP contribution in [0.3, 0.4) is 0 Å². The first kappa shape index (κ1) is 21.8. The second-order valence-corrected chi connectivity index (χ2v) is 8.18. The number of ether oxygens (including phenoxy) is 1. The van der Waals surface area contributed by atoms with E-state index in [1.165, 1.54) is 0 Å². The fraction of sp³-hybridized carbons (Fsp3) is 0.375. The van der Waals surface area contributed by atoms with Crippen LogP contribution in [0.5, 0.6) is 0 Å². The molecule has 0 saturated carbocycles. The molecule has 1 aliphatic heterocycles. The van der Waals surface area contributed by atoms with E-state index >= 15 is 0 Å². The lowest BCUT2D eigenvalue weighted by molar-refractivity contribution is -0.116. The molecule has 0 radical (unpaired) electrons. The van der Waals surface area contributed by atoms with E-state index in [1.54, 1.807) is 20.4 Å². The molecule has 2 heterocycles. The Kier molecular flexibility index (Phi) is 6.41. The maximum atomic E-state index is 12.8. The van der Waals surface area contributed by atoms with Gasteiger partial charge < -0.3 is 25.3 Å². The van der Waals surface area contributed by atoms with Gasteiger partial charge in [-0.05, 0) is 37.3 Å². The lowest BCUT2D eigenvalue weighted by atomic mass is 9.79. The number of imidazole rings is 1. The number of carbonyl (C=O) groups excluding carboxylic acids is 2. The van der Waals surface area contributed by atoms with Crippen molar-refractivity contribution in [2.75, 3.05) is 14.2 Å². The number of carbonyl (C=O) groups is 2. The number of rotatable bonds is 5. The summed E-state index contributed by atoms with van der Waals surface area (Å²) in [5.74, 6) is 0.975. The van der Waals surface area contributed by atoms with Crippen molar-refractivity contribution in [3.63, 3.8) is 0 Å². The van der Waals surface area contributed by atoms with Gasteiger partial charge in [-0.25, -0.2) is 9.78 Å². The number of fused-ring (bicyclic) bond motifs is 1. The molecule has 0 fully saturated rings.